The van der Waals surface area contributed by atoms with Crippen molar-refractivity contribution >= 4 is 34.9 Å². The fourth-order valence-corrected chi connectivity index (χ4v) is 3.90. The van der Waals surface area contributed by atoms with Crippen LogP contribution in [-0.2, 0) is 6.18 Å². The van der Waals surface area contributed by atoms with Gasteiger partial charge in [-0.1, -0.05) is 36.0 Å². The molecular weight excluding hydrogens is 373 g/mol. The van der Waals surface area contributed by atoms with E-state index in [0.29, 0.717) is 5.69 Å². The molecule has 1 aliphatic rings. The molecule has 1 aliphatic heterocycles. The zero-order valence-corrected chi connectivity index (χ0v) is 14.6. The average molecular weight is 386 g/mol. The smallest absolute Gasteiger partial charge is 0.307 e. The molecule has 0 saturated heterocycles. The Hall–Kier alpha value is -2.93. The minimum atomic E-state index is -4.41. The summed E-state index contributed by atoms with van der Waals surface area (Å²) in [6.07, 6.45) is -4.41. The lowest BCUT2D eigenvalue weighted by Gasteiger charge is -2.31. The molecule has 0 spiro atoms. The summed E-state index contributed by atoms with van der Waals surface area (Å²) in [5, 5.41) is 2.68. The predicted molar refractivity (Wildman–Crippen MR) is 99.6 cm³/mol. The highest BCUT2D eigenvalue weighted by Gasteiger charge is 2.31. The summed E-state index contributed by atoms with van der Waals surface area (Å²) >= 11 is 1.57. The molecule has 3 nitrogen and oxygen atoms in total. The van der Waals surface area contributed by atoms with Gasteiger partial charge in [0.1, 0.15) is 0 Å². The van der Waals surface area contributed by atoms with Crippen molar-refractivity contribution in [2.24, 2.45) is 0 Å². The lowest BCUT2D eigenvalue weighted by molar-refractivity contribution is -0.137. The highest BCUT2D eigenvalue weighted by molar-refractivity contribution is 7.99. The molecule has 0 bridgehead atoms. The molecule has 0 atom stereocenters. The number of hydrogen-bond acceptors (Lipinski definition) is 2. The number of nitrogens with one attached hydrogen (secondary N) is 1. The number of alkyl halides is 3. The summed E-state index contributed by atoms with van der Waals surface area (Å²) in [4.78, 5) is 16.4. The van der Waals surface area contributed by atoms with E-state index in [2.05, 4.69) is 5.32 Å². The van der Waals surface area contributed by atoms with Crippen molar-refractivity contribution in [2.45, 2.75) is 16.0 Å². The molecule has 27 heavy (non-hydrogen) atoms. The van der Waals surface area contributed by atoms with E-state index < -0.39 is 17.8 Å². The van der Waals surface area contributed by atoms with Crippen LogP contribution < -0.4 is 10.2 Å². The van der Waals surface area contributed by atoms with Crippen LogP contribution in [0.25, 0.3) is 0 Å². The third kappa shape index (κ3) is 3.38. The van der Waals surface area contributed by atoms with Crippen molar-refractivity contribution in [2.75, 3.05) is 10.2 Å². The number of urea groups is 1. The van der Waals surface area contributed by atoms with Crippen molar-refractivity contribution in [1.82, 2.24) is 0 Å². The fraction of sp³-hybridized carbons (Fsp3) is 0.0500. The molecule has 0 saturated carbocycles. The number of carbonyl (C=O) groups is 1. The fourth-order valence-electron chi connectivity index (χ4n) is 2.85. The van der Waals surface area contributed by atoms with Gasteiger partial charge in [0.05, 0.1) is 16.9 Å². The van der Waals surface area contributed by atoms with Gasteiger partial charge in [-0.15, -0.1) is 0 Å². The second-order valence-corrected chi connectivity index (χ2v) is 6.96. The molecule has 3 aromatic rings. The molecule has 0 aromatic heterocycles. The van der Waals surface area contributed by atoms with E-state index in [1.54, 1.807) is 16.7 Å². The van der Waals surface area contributed by atoms with Crippen molar-refractivity contribution in [1.29, 1.82) is 0 Å². The maximum atomic E-state index is 13.0. The molecule has 2 amide bonds. The summed E-state index contributed by atoms with van der Waals surface area (Å²) in [7, 11) is 0. The Morgan fingerprint density at radius 1 is 0.815 bits per heavy atom. The minimum Gasteiger partial charge on any atom is -0.307 e. The predicted octanol–water partition coefficient (Wildman–Crippen LogP) is 6.54. The van der Waals surface area contributed by atoms with Crippen LogP contribution in [0.2, 0.25) is 0 Å². The molecule has 0 unspecified atom stereocenters. The highest BCUT2D eigenvalue weighted by atomic mass is 32.2. The van der Waals surface area contributed by atoms with Gasteiger partial charge in [-0.05, 0) is 48.5 Å². The SMILES string of the molecule is O=C(Nc1ccc(C(F)(F)F)cc1)N1c2ccccc2Sc2ccccc21. The second-order valence-electron chi connectivity index (χ2n) is 5.88. The van der Waals surface area contributed by atoms with Gasteiger partial charge in [0.2, 0.25) is 0 Å². The van der Waals surface area contributed by atoms with Crippen molar-refractivity contribution < 1.29 is 18.0 Å². The maximum Gasteiger partial charge on any atom is 0.416 e. The Morgan fingerprint density at radius 2 is 1.33 bits per heavy atom. The van der Waals surface area contributed by atoms with E-state index in [1.807, 2.05) is 48.5 Å². The number of halogens is 3. The number of para-hydroxylation sites is 2. The van der Waals surface area contributed by atoms with Crippen LogP contribution in [0.4, 0.5) is 35.0 Å². The molecule has 3 aromatic carbocycles. The van der Waals surface area contributed by atoms with Gasteiger partial charge >= 0.3 is 12.2 Å². The van der Waals surface area contributed by atoms with Crippen molar-refractivity contribution in [3.05, 3.63) is 78.4 Å². The summed E-state index contributed by atoms with van der Waals surface area (Å²) in [6.45, 7) is 0. The van der Waals surface area contributed by atoms with Gasteiger partial charge in [0.15, 0.2) is 0 Å². The van der Waals surface area contributed by atoms with Gasteiger partial charge in [0.25, 0.3) is 0 Å². The first-order chi connectivity index (χ1) is 12.9. The number of nitrogens with zero attached hydrogens (tertiary/aromatic N) is 1. The third-order valence-corrected chi connectivity index (χ3v) is 5.23. The monoisotopic (exact) mass is 386 g/mol. The van der Waals surface area contributed by atoms with Gasteiger partial charge in [-0.25, -0.2) is 4.79 Å². The number of amides is 2. The van der Waals surface area contributed by atoms with Gasteiger partial charge in [-0.2, -0.15) is 13.2 Å². The summed E-state index contributed by atoms with van der Waals surface area (Å²) in [6, 6.07) is 18.9. The Morgan fingerprint density at radius 3 is 1.85 bits per heavy atom. The molecule has 4 rings (SSSR count). The first-order valence-electron chi connectivity index (χ1n) is 8.08. The van der Waals surface area contributed by atoms with E-state index in [1.165, 1.54) is 12.1 Å². The summed E-state index contributed by atoms with van der Waals surface area (Å²) in [5.74, 6) is 0. The van der Waals surface area contributed by atoms with E-state index in [-0.39, 0.29) is 0 Å². The Bertz CT molecular complexity index is 957. The zero-order chi connectivity index (χ0) is 19.0. The van der Waals surface area contributed by atoms with Crippen LogP contribution in [0.3, 0.4) is 0 Å². The lowest BCUT2D eigenvalue weighted by Crippen LogP contribution is -2.32. The minimum absolute atomic E-state index is 0.293. The van der Waals surface area contributed by atoms with Crippen LogP contribution in [0.5, 0.6) is 0 Å². The van der Waals surface area contributed by atoms with E-state index >= 15 is 0 Å². The first kappa shape index (κ1) is 17.5. The Balaban J connectivity index is 1.66. The number of carbonyl (C=O) groups excluding carboxylic acids is 1. The molecule has 1 heterocycles. The highest BCUT2D eigenvalue weighted by Crippen LogP contribution is 2.48. The van der Waals surface area contributed by atoms with E-state index in [9.17, 15) is 18.0 Å². The molecule has 0 fully saturated rings. The van der Waals surface area contributed by atoms with E-state index in [4.69, 9.17) is 0 Å². The van der Waals surface area contributed by atoms with Crippen LogP contribution in [-0.4, -0.2) is 6.03 Å². The standard InChI is InChI=1S/C20H13F3N2OS/c21-20(22,23)13-9-11-14(12-10-13)24-19(26)25-15-5-1-3-7-17(15)27-18-8-4-2-6-16(18)25/h1-12H,(H,24,26). The lowest BCUT2D eigenvalue weighted by atomic mass is 10.2. The Labute approximate surface area is 157 Å². The number of benzene rings is 3. The second kappa shape index (κ2) is 6.66. The number of fused-ring (bicyclic) bond motifs is 2. The summed E-state index contributed by atoms with van der Waals surface area (Å²) in [5.41, 5.74) is 0.989. The van der Waals surface area contributed by atoms with E-state index in [0.717, 1.165) is 33.3 Å². The topological polar surface area (TPSA) is 32.3 Å². The molecular formula is C20H13F3N2OS. The van der Waals surface area contributed by atoms with Crippen molar-refractivity contribution in [3.63, 3.8) is 0 Å². The van der Waals surface area contributed by atoms with Crippen LogP contribution in [0.1, 0.15) is 5.56 Å². The molecule has 0 radical (unpaired) electrons. The number of hydrogen-bond donors (Lipinski definition) is 1. The van der Waals surface area contributed by atoms with Gasteiger partial charge in [-0.3, -0.25) is 4.90 Å². The van der Waals surface area contributed by atoms with Gasteiger partial charge in [0, 0.05) is 15.5 Å². The molecule has 1 N–H and O–H groups in total. The normalized spacial score (nSPS) is 12.9. The summed E-state index contributed by atoms with van der Waals surface area (Å²) < 4.78 is 38.1. The van der Waals surface area contributed by atoms with Crippen molar-refractivity contribution in [3.8, 4) is 0 Å². The average Bonchev–Trinajstić information content (AvgIpc) is 2.65. The number of anilines is 3. The third-order valence-electron chi connectivity index (χ3n) is 4.10. The maximum absolute atomic E-state index is 13.0. The molecule has 7 heteroatoms. The first-order valence-corrected chi connectivity index (χ1v) is 8.89. The van der Waals surface area contributed by atoms with Gasteiger partial charge < -0.3 is 5.32 Å². The van der Waals surface area contributed by atoms with Crippen LogP contribution in [0.15, 0.2) is 82.6 Å². The zero-order valence-electron chi connectivity index (χ0n) is 13.8. The number of rotatable bonds is 1. The quantitative estimate of drug-likeness (QED) is 0.515. The molecule has 136 valence electrons. The Kier molecular flexibility index (Phi) is 4.31. The van der Waals surface area contributed by atoms with Crippen LogP contribution >= 0.6 is 11.8 Å². The molecule has 0 aliphatic carbocycles. The largest absolute Gasteiger partial charge is 0.416 e. The van der Waals surface area contributed by atoms with Crippen LogP contribution in [0, 0.1) is 0 Å².